The molecule has 2 aromatic carbocycles. The minimum Gasteiger partial charge on any atom is -0.280 e. The molecule has 0 radical (unpaired) electrons. The smallest absolute Gasteiger partial charge is 0.280 e. The summed E-state index contributed by atoms with van der Waals surface area (Å²) >= 11 is 0. The summed E-state index contributed by atoms with van der Waals surface area (Å²) in [6.45, 7) is 0. The molecule has 4 nitrogen and oxygen atoms in total. The second-order valence-electron chi connectivity index (χ2n) is 4.97. The van der Waals surface area contributed by atoms with Gasteiger partial charge in [0.1, 0.15) is 0 Å². The van der Waals surface area contributed by atoms with Crippen LogP contribution in [0.1, 0.15) is 16.7 Å². The van der Waals surface area contributed by atoms with E-state index in [-0.39, 0.29) is 0 Å². The van der Waals surface area contributed by atoms with Gasteiger partial charge in [-0.25, -0.2) is 8.42 Å². The lowest BCUT2D eigenvalue weighted by molar-refractivity contribution is -0.140. The quantitative estimate of drug-likeness (QED) is 0.785. The van der Waals surface area contributed by atoms with Gasteiger partial charge in [0.15, 0.2) is 0 Å². The standard InChI is InChI=1S/C15H8F6N2O2S/c16-14(17,18)11-3-1-2-4-13(11)26(24,25)23-10-6-5-9(8-22)12(7-10)15(19,20)21/h1-7,23H. The second-order valence-corrected chi connectivity index (χ2v) is 6.62. The number of sulfonamides is 1. The summed E-state index contributed by atoms with van der Waals surface area (Å²) in [6.07, 6.45) is -9.93. The molecule has 1 N–H and O–H groups in total. The lowest BCUT2D eigenvalue weighted by atomic mass is 10.1. The van der Waals surface area contributed by atoms with Crippen LogP contribution in [0.2, 0.25) is 0 Å². The molecule has 0 amide bonds. The highest BCUT2D eigenvalue weighted by molar-refractivity contribution is 7.92. The van der Waals surface area contributed by atoms with Gasteiger partial charge in [-0.15, -0.1) is 0 Å². The summed E-state index contributed by atoms with van der Waals surface area (Å²) < 4.78 is 104. The van der Waals surface area contributed by atoms with Gasteiger partial charge in [0.2, 0.25) is 0 Å². The average molecular weight is 394 g/mol. The molecule has 0 aliphatic heterocycles. The first kappa shape index (κ1) is 19.6. The van der Waals surface area contributed by atoms with Crippen LogP contribution in [0.3, 0.4) is 0 Å². The molecule has 11 heteroatoms. The predicted molar refractivity (Wildman–Crippen MR) is 78.4 cm³/mol. The molecule has 0 aliphatic rings. The van der Waals surface area contributed by atoms with Gasteiger partial charge in [-0.3, -0.25) is 4.72 Å². The van der Waals surface area contributed by atoms with Gasteiger partial charge in [-0.2, -0.15) is 31.6 Å². The molecule has 0 aromatic heterocycles. The van der Waals surface area contributed by atoms with E-state index >= 15 is 0 Å². The van der Waals surface area contributed by atoms with Crippen LogP contribution >= 0.6 is 0 Å². The van der Waals surface area contributed by atoms with Crippen molar-refractivity contribution in [2.24, 2.45) is 0 Å². The van der Waals surface area contributed by atoms with Crippen LogP contribution in [0, 0.1) is 11.3 Å². The zero-order valence-electron chi connectivity index (χ0n) is 12.5. The van der Waals surface area contributed by atoms with Gasteiger partial charge in [-0.05, 0) is 30.3 Å². The van der Waals surface area contributed by atoms with E-state index in [2.05, 4.69) is 0 Å². The monoisotopic (exact) mass is 394 g/mol. The molecular weight excluding hydrogens is 386 g/mol. The number of nitrogens with zero attached hydrogens (tertiary/aromatic N) is 1. The first-order valence-electron chi connectivity index (χ1n) is 6.66. The largest absolute Gasteiger partial charge is 0.417 e. The number of benzene rings is 2. The SMILES string of the molecule is N#Cc1ccc(NS(=O)(=O)c2ccccc2C(F)(F)F)cc1C(F)(F)F. The molecule has 2 rings (SSSR count). The summed E-state index contributed by atoms with van der Waals surface area (Å²) in [7, 11) is -4.83. The van der Waals surface area contributed by atoms with E-state index in [1.54, 1.807) is 4.72 Å². The Bertz CT molecular complexity index is 975. The number of hydrogen-bond acceptors (Lipinski definition) is 3. The van der Waals surface area contributed by atoms with E-state index in [0.29, 0.717) is 18.2 Å². The summed E-state index contributed by atoms with van der Waals surface area (Å²) in [5.74, 6) is 0. The molecule has 0 bridgehead atoms. The Hall–Kier alpha value is -2.74. The van der Waals surface area contributed by atoms with E-state index in [9.17, 15) is 34.8 Å². The van der Waals surface area contributed by atoms with Crippen molar-refractivity contribution in [2.75, 3.05) is 4.72 Å². The van der Waals surface area contributed by atoms with E-state index < -0.39 is 49.6 Å². The topological polar surface area (TPSA) is 70.0 Å². The lowest BCUT2D eigenvalue weighted by Crippen LogP contribution is -2.19. The summed E-state index contributed by atoms with van der Waals surface area (Å²) in [5.41, 5.74) is -4.26. The minimum atomic E-state index is -4.98. The maximum Gasteiger partial charge on any atom is 0.417 e. The highest BCUT2D eigenvalue weighted by Gasteiger charge is 2.37. The Balaban J connectivity index is 2.52. The van der Waals surface area contributed by atoms with Crippen molar-refractivity contribution in [3.63, 3.8) is 0 Å². The maximum absolute atomic E-state index is 13.0. The Kier molecular flexibility index (Phi) is 4.92. The fraction of sp³-hybridized carbons (Fsp3) is 0.133. The van der Waals surface area contributed by atoms with Crippen molar-refractivity contribution in [1.82, 2.24) is 0 Å². The fourth-order valence-electron chi connectivity index (χ4n) is 2.09. The van der Waals surface area contributed by atoms with E-state index in [1.807, 2.05) is 0 Å². The second kappa shape index (κ2) is 6.53. The summed E-state index contributed by atoms with van der Waals surface area (Å²) in [6, 6.07) is 6.45. The summed E-state index contributed by atoms with van der Waals surface area (Å²) in [4.78, 5) is -1.13. The Morgan fingerprint density at radius 3 is 2.00 bits per heavy atom. The number of alkyl halides is 6. The van der Waals surface area contributed by atoms with Crippen molar-refractivity contribution < 1.29 is 34.8 Å². The average Bonchev–Trinajstić information content (AvgIpc) is 2.53. The van der Waals surface area contributed by atoms with Crippen molar-refractivity contribution in [1.29, 1.82) is 5.26 Å². The maximum atomic E-state index is 13.0. The molecular formula is C15H8F6N2O2S. The zero-order valence-corrected chi connectivity index (χ0v) is 13.3. The van der Waals surface area contributed by atoms with Crippen LogP contribution in [0.4, 0.5) is 32.0 Å². The molecule has 0 spiro atoms. The van der Waals surface area contributed by atoms with Crippen LogP contribution in [-0.4, -0.2) is 8.42 Å². The molecule has 2 aromatic rings. The van der Waals surface area contributed by atoms with E-state index in [4.69, 9.17) is 5.26 Å². The van der Waals surface area contributed by atoms with Gasteiger partial charge >= 0.3 is 12.4 Å². The van der Waals surface area contributed by atoms with E-state index in [0.717, 1.165) is 24.3 Å². The predicted octanol–water partition coefficient (Wildman–Crippen LogP) is 4.40. The molecule has 0 atom stereocenters. The molecule has 0 saturated heterocycles. The lowest BCUT2D eigenvalue weighted by Gasteiger charge is -2.15. The molecule has 138 valence electrons. The highest BCUT2D eigenvalue weighted by Crippen LogP contribution is 2.36. The van der Waals surface area contributed by atoms with Gasteiger partial charge in [0.25, 0.3) is 10.0 Å². The normalized spacial score (nSPS) is 12.5. The van der Waals surface area contributed by atoms with Crippen molar-refractivity contribution >= 4 is 15.7 Å². The minimum absolute atomic E-state index is 0.340. The first-order valence-corrected chi connectivity index (χ1v) is 8.15. The molecule has 0 heterocycles. The first-order chi connectivity index (χ1) is 11.9. The number of halogens is 6. The highest BCUT2D eigenvalue weighted by atomic mass is 32.2. The third-order valence-corrected chi connectivity index (χ3v) is 4.62. The number of hydrogen-bond donors (Lipinski definition) is 1. The van der Waals surface area contributed by atoms with Gasteiger partial charge in [0.05, 0.1) is 27.7 Å². The van der Waals surface area contributed by atoms with Crippen molar-refractivity contribution in [3.8, 4) is 6.07 Å². The molecule has 0 unspecified atom stereocenters. The van der Waals surface area contributed by atoms with Crippen LogP contribution < -0.4 is 4.72 Å². The Morgan fingerprint density at radius 1 is 0.885 bits per heavy atom. The van der Waals surface area contributed by atoms with Gasteiger partial charge < -0.3 is 0 Å². The zero-order chi connectivity index (χ0) is 19.8. The van der Waals surface area contributed by atoms with Crippen LogP contribution in [0.25, 0.3) is 0 Å². The van der Waals surface area contributed by atoms with Crippen LogP contribution in [0.5, 0.6) is 0 Å². The molecule has 0 fully saturated rings. The number of nitriles is 1. The number of rotatable bonds is 3. The van der Waals surface area contributed by atoms with Crippen molar-refractivity contribution in [2.45, 2.75) is 17.2 Å². The number of anilines is 1. The van der Waals surface area contributed by atoms with Gasteiger partial charge in [-0.1, -0.05) is 12.1 Å². The fourth-order valence-corrected chi connectivity index (χ4v) is 3.36. The Labute approximate surface area is 143 Å². The van der Waals surface area contributed by atoms with Crippen molar-refractivity contribution in [3.05, 3.63) is 59.2 Å². The third kappa shape index (κ3) is 4.08. The summed E-state index contributed by atoms with van der Waals surface area (Å²) in [5, 5.41) is 8.70. The molecule has 0 saturated carbocycles. The third-order valence-electron chi connectivity index (χ3n) is 3.18. The van der Waals surface area contributed by atoms with E-state index in [1.165, 1.54) is 6.07 Å². The van der Waals surface area contributed by atoms with Crippen LogP contribution in [0.15, 0.2) is 47.4 Å². The molecule has 0 aliphatic carbocycles. The molecule has 26 heavy (non-hydrogen) atoms. The van der Waals surface area contributed by atoms with Gasteiger partial charge in [0, 0.05) is 5.69 Å². The van der Waals surface area contributed by atoms with Crippen LogP contribution in [-0.2, 0) is 22.4 Å². The Morgan fingerprint density at radius 2 is 1.46 bits per heavy atom. The number of nitrogens with one attached hydrogen (secondary N) is 1.